The first-order valence-electron chi connectivity index (χ1n) is 7.57. The summed E-state index contributed by atoms with van der Waals surface area (Å²) in [5.74, 6) is 3.87. The minimum Gasteiger partial charge on any atom is -0.356 e. The molecule has 0 bridgehead atoms. The molecule has 2 rings (SSSR count). The summed E-state index contributed by atoms with van der Waals surface area (Å²) in [6.45, 7) is 5.82. The summed E-state index contributed by atoms with van der Waals surface area (Å²) in [7, 11) is 1.79. The first-order valence-corrected chi connectivity index (χ1v) is 8.62. The fourth-order valence-corrected chi connectivity index (χ4v) is 3.33. The Hall–Kier alpha value is -1.24. The summed E-state index contributed by atoms with van der Waals surface area (Å²) >= 11 is 2.04. The minimum atomic E-state index is 0.300. The molecule has 2 N–H and O–H groups in total. The zero-order valence-electron chi connectivity index (χ0n) is 13.1. The highest BCUT2D eigenvalue weighted by molar-refractivity contribution is 8.00. The van der Waals surface area contributed by atoms with Gasteiger partial charge in [-0.15, -0.1) is 0 Å². The van der Waals surface area contributed by atoms with Crippen LogP contribution in [-0.2, 0) is 6.42 Å². The van der Waals surface area contributed by atoms with Crippen molar-refractivity contribution in [3.8, 4) is 0 Å². The largest absolute Gasteiger partial charge is 0.356 e. The topological polar surface area (TPSA) is 75.3 Å². The summed E-state index contributed by atoms with van der Waals surface area (Å²) in [6.07, 6.45) is 3.34. The Kier molecular flexibility index (Phi) is 6.35. The lowest BCUT2D eigenvalue weighted by Gasteiger charge is -2.14. The van der Waals surface area contributed by atoms with Gasteiger partial charge in [-0.2, -0.15) is 16.7 Å². The Balaban J connectivity index is 1.67. The molecule has 1 aliphatic rings. The van der Waals surface area contributed by atoms with E-state index < -0.39 is 0 Å². The number of thioether (sulfide) groups is 1. The van der Waals surface area contributed by atoms with Gasteiger partial charge in [0, 0.05) is 37.7 Å². The van der Waals surface area contributed by atoms with Crippen LogP contribution in [0.1, 0.15) is 44.3 Å². The van der Waals surface area contributed by atoms with Crippen molar-refractivity contribution in [2.75, 3.05) is 25.9 Å². The van der Waals surface area contributed by atoms with Crippen molar-refractivity contribution < 1.29 is 4.52 Å². The lowest BCUT2D eigenvalue weighted by atomic mass is 10.2. The van der Waals surface area contributed by atoms with E-state index >= 15 is 0 Å². The van der Waals surface area contributed by atoms with Gasteiger partial charge < -0.3 is 15.2 Å². The van der Waals surface area contributed by atoms with Gasteiger partial charge in [-0.25, -0.2) is 0 Å². The van der Waals surface area contributed by atoms with Gasteiger partial charge in [0.25, 0.3) is 0 Å². The number of hydrogen-bond donors (Lipinski definition) is 2. The molecule has 1 aromatic rings. The number of aliphatic imine (C=N–C) groups is 1. The summed E-state index contributed by atoms with van der Waals surface area (Å²) in [5.41, 5.74) is 0. The van der Waals surface area contributed by atoms with E-state index in [1.807, 2.05) is 11.8 Å². The molecular weight excluding hydrogens is 286 g/mol. The molecule has 0 aromatic carbocycles. The fourth-order valence-electron chi connectivity index (χ4n) is 2.13. The molecule has 1 aliphatic heterocycles. The second-order valence-corrected chi connectivity index (χ2v) is 6.87. The van der Waals surface area contributed by atoms with Gasteiger partial charge >= 0.3 is 0 Å². The Bertz CT molecular complexity index is 454. The zero-order valence-corrected chi connectivity index (χ0v) is 13.9. The maximum absolute atomic E-state index is 5.22. The Labute approximate surface area is 130 Å². The van der Waals surface area contributed by atoms with Crippen molar-refractivity contribution in [2.24, 2.45) is 4.99 Å². The molecular formula is C14H25N5OS. The summed E-state index contributed by atoms with van der Waals surface area (Å²) in [4.78, 5) is 8.59. The van der Waals surface area contributed by atoms with Gasteiger partial charge in [0.2, 0.25) is 5.89 Å². The highest BCUT2D eigenvalue weighted by Gasteiger charge is 2.15. The summed E-state index contributed by atoms with van der Waals surface area (Å²) in [6, 6.07) is 0. The second-order valence-electron chi connectivity index (χ2n) is 5.47. The van der Waals surface area contributed by atoms with Crippen molar-refractivity contribution in [1.82, 2.24) is 20.8 Å². The second kappa shape index (κ2) is 8.26. The molecule has 1 unspecified atom stereocenters. The first kappa shape index (κ1) is 16.1. The molecule has 0 aliphatic carbocycles. The van der Waals surface area contributed by atoms with Gasteiger partial charge in [0.15, 0.2) is 11.8 Å². The van der Waals surface area contributed by atoms with Crippen molar-refractivity contribution in [3.63, 3.8) is 0 Å². The molecule has 1 fully saturated rings. The Morgan fingerprint density at radius 2 is 2.33 bits per heavy atom. The molecule has 7 heteroatoms. The minimum absolute atomic E-state index is 0.300. The SMILES string of the molecule is CN=C(NCCc1nc(C(C)C)no1)NCC1CCCS1. The third kappa shape index (κ3) is 5.22. The lowest BCUT2D eigenvalue weighted by molar-refractivity contribution is 0.371. The van der Waals surface area contributed by atoms with Crippen LogP contribution in [0.4, 0.5) is 0 Å². The van der Waals surface area contributed by atoms with Crippen molar-refractivity contribution in [1.29, 1.82) is 0 Å². The Morgan fingerprint density at radius 3 is 2.95 bits per heavy atom. The van der Waals surface area contributed by atoms with Crippen LogP contribution >= 0.6 is 11.8 Å². The van der Waals surface area contributed by atoms with Crippen molar-refractivity contribution in [2.45, 2.75) is 44.3 Å². The van der Waals surface area contributed by atoms with Crippen LogP contribution in [0, 0.1) is 0 Å². The van der Waals surface area contributed by atoms with E-state index in [9.17, 15) is 0 Å². The third-order valence-electron chi connectivity index (χ3n) is 3.38. The fraction of sp³-hybridized carbons (Fsp3) is 0.786. The average molecular weight is 311 g/mol. The number of rotatable bonds is 6. The number of nitrogens with zero attached hydrogens (tertiary/aromatic N) is 3. The maximum Gasteiger partial charge on any atom is 0.228 e. The monoisotopic (exact) mass is 311 g/mol. The van der Waals surface area contributed by atoms with Crippen LogP contribution in [0.2, 0.25) is 0 Å². The Morgan fingerprint density at radius 1 is 1.48 bits per heavy atom. The molecule has 0 amide bonds. The van der Waals surface area contributed by atoms with E-state index in [4.69, 9.17) is 4.52 Å². The predicted molar refractivity (Wildman–Crippen MR) is 86.9 cm³/mol. The normalized spacial score (nSPS) is 19.2. The van der Waals surface area contributed by atoms with Gasteiger partial charge in [-0.3, -0.25) is 4.99 Å². The van der Waals surface area contributed by atoms with E-state index in [0.29, 0.717) is 23.5 Å². The van der Waals surface area contributed by atoms with Crippen LogP contribution in [0.3, 0.4) is 0 Å². The molecule has 1 aromatic heterocycles. The van der Waals surface area contributed by atoms with Crippen LogP contribution in [0.5, 0.6) is 0 Å². The van der Waals surface area contributed by atoms with Crippen molar-refractivity contribution >= 4 is 17.7 Å². The van der Waals surface area contributed by atoms with Gasteiger partial charge in [-0.1, -0.05) is 19.0 Å². The molecule has 0 spiro atoms. The average Bonchev–Trinajstić information content (AvgIpc) is 3.13. The quantitative estimate of drug-likeness (QED) is 0.616. The maximum atomic E-state index is 5.22. The van der Waals surface area contributed by atoms with E-state index in [2.05, 4.69) is 39.6 Å². The highest BCUT2D eigenvalue weighted by atomic mass is 32.2. The molecule has 21 heavy (non-hydrogen) atoms. The van der Waals surface area contributed by atoms with Gasteiger partial charge in [-0.05, 0) is 18.6 Å². The van der Waals surface area contributed by atoms with E-state index in [1.54, 1.807) is 7.05 Å². The smallest absolute Gasteiger partial charge is 0.228 e. The predicted octanol–water partition coefficient (Wildman–Crippen LogP) is 1.80. The van der Waals surface area contributed by atoms with E-state index in [1.165, 1.54) is 18.6 Å². The van der Waals surface area contributed by atoms with E-state index in [-0.39, 0.29) is 0 Å². The highest BCUT2D eigenvalue weighted by Crippen LogP contribution is 2.25. The molecule has 6 nitrogen and oxygen atoms in total. The van der Waals surface area contributed by atoms with Crippen LogP contribution in [0.15, 0.2) is 9.52 Å². The molecule has 0 radical (unpaired) electrons. The summed E-state index contributed by atoms with van der Waals surface area (Å²) in [5, 5.41) is 11.3. The number of aromatic nitrogens is 2. The van der Waals surface area contributed by atoms with Crippen LogP contribution in [-0.4, -0.2) is 47.2 Å². The van der Waals surface area contributed by atoms with Crippen molar-refractivity contribution in [3.05, 3.63) is 11.7 Å². The number of nitrogens with one attached hydrogen (secondary N) is 2. The molecule has 118 valence electrons. The molecule has 1 atom stereocenters. The first-order chi connectivity index (χ1) is 10.2. The van der Waals surface area contributed by atoms with Gasteiger partial charge in [0.1, 0.15) is 0 Å². The lowest BCUT2D eigenvalue weighted by Crippen LogP contribution is -2.40. The molecule has 1 saturated heterocycles. The number of hydrogen-bond acceptors (Lipinski definition) is 5. The van der Waals surface area contributed by atoms with Crippen LogP contribution in [0.25, 0.3) is 0 Å². The molecule has 0 saturated carbocycles. The van der Waals surface area contributed by atoms with Crippen LogP contribution < -0.4 is 10.6 Å². The number of guanidine groups is 1. The standard InChI is InChI=1S/C14H25N5OS/c1-10(2)13-18-12(20-19-13)6-7-16-14(15-3)17-9-11-5-4-8-21-11/h10-11H,4-9H2,1-3H3,(H2,15,16,17). The van der Waals surface area contributed by atoms with E-state index in [0.717, 1.165) is 24.9 Å². The van der Waals surface area contributed by atoms with Gasteiger partial charge in [0.05, 0.1) is 0 Å². The third-order valence-corrected chi connectivity index (χ3v) is 4.77. The molecule has 2 heterocycles. The zero-order chi connectivity index (χ0) is 15.1. The summed E-state index contributed by atoms with van der Waals surface area (Å²) < 4.78 is 5.22.